The van der Waals surface area contributed by atoms with Crippen LogP contribution in [0.2, 0.25) is 5.15 Å². The fourth-order valence-electron chi connectivity index (χ4n) is 1.51. The Hall–Kier alpha value is -0.760. The zero-order valence-electron chi connectivity index (χ0n) is 6.15. The number of hydrogen-bond acceptors (Lipinski definition) is 1. The van der Waals surface area contributed by atoms with Gasteiger partial charge in [-0.25, -0.2) is 0 Å². The van der Waals surface area contributed by atoms with E-state index in [9.17, 15) is 4.79 Å². The molecule has 3 heteroatoms. The molecule has 0 saturated heterocycles. The molecule has 0 aromatic carbocycles. The van der Waals surface area contributed by atoms with E-state index >= 15 is 0 Å². The Morgan fingerprint density at radius 2 is 2.45 bits per heavy atom. The summed E-state index contributed by atoms with van der Waals surface area (Å²) in [4.78, 5) is 14.2. The average molecular weight is 170 g/mol. The van der Waals surface area contributed by atoms with E-state index in [1.54, 1.807) is 6.20 Å². The van der Waals surface area contributed by atoms with Crippen LogP contribution in [0.4, 0.5) is 0 Å². The van der Waals surface area contributed by atoms with E-state index in [1.807, 2.05) is 6.92 Å². The van der Waals surface area contributed by atoms with Gasteiger partial charge in [-0.2, -0.15) is 0 Å². The summed E-state index contributed by atoms with van der Waals surface area (Å²) in [5.41, 5.74) is 1.77. The first kappa shape index (κ1) is 6.92. The number of carbonyl (C=O) groups is 1. The molecule has 1 unspecified atom stereocenters. The first-order valence-corrected chi connectivity index (χ1v) is 3.98. The Kier molecular flexibility index (Phi) is 1.33. The van der Waals surface area contributed by atoms with Crippen LogP contribution in [0.3, 0.4) is 0 Å². The van der Waals surface area contributed by atoms with Gasteiger partial charge in [-0.05, 0) is 6.42 Å². The molecule has 11 heavy (non-hydrogen) atoms. The maximum absolute atomic E-state index is 11.3. The van der Waals surface area contributed by atoms with E-state index in [2.05, 4.69) is 4.98 Å². The number of H-pyrrole nitrogens is 1. The number of aromatic nitrogens is 1. The summed E-state index contributed by atoms with van der Waals surface area (Å²) in [6.07, 6.45) is 2.49. The van der Waals surface area contributed by atoms with Gasteiger partial charge in [0.05, 0.1) is 0 Å². The normalized spacial score (nSPS) is 22.4. The third-order valence-corrected chi connectivity index (χ3v) is 2.49. The summed E-state index contributed by atoms with van der Waals surface area (Å²) in [5, 5.41) is 0.623. The van der Waals surface area contributed by atoms with Gasteiger partial charge in [0.1, 0.15) is 5.15 Å². The number of halogens is 1. The van der Waals surface area contributed by atoms with Crippen molar-refractivity contribution in [2.24, 2.45) is 5.92 Å². The second-order valence-corrected chi connectivity index (χ2v) is 3.34. The highest BCUT2D eigenvalue weighted by atomic mass is 35.5. The molecular formula is C8H8ClNO. The smallest absolute Gasteiger partial charge is 0.167 e. The molecule has 0 bridgehead atoms. The summed E-state index contributed by atoms with van der Waals surface area (Å²) >= 11 is 5.81. The number of rotatable bonds is 0. The topological polar surface area (TPSA) is 32.9 Å². The molecule has 0 aliphatic heterocycles. The first-order valence-electron chi connectivity index (χ1n) is 3.60. The molecule has 0 spiro atoms. The molecule has 0 fully saturated rings. The van der Waals surface area contributed by atoms with Crippen LogP contribution in [-0.2, 0) is 6.42 Å². The zero-order chi connectivity index (χ0) is 8.01. The molecule has 58 valence electrons. The third-order valence-electron chi connectivity index (χ3n) is 2.16. The van der Waals surface area contributed by atoms with Crippen molar-refractivity contribution >= 4 is 17.4 Å². The Labute approximate surface area is 69.6 Å². The predicted molar refractivity (Wildman–Crippen MR) is 43.0 cm³/mol. The maximum Gasteiger partial charge on any atom is 0.167 e. The minimum atomic E-state index is 0.118. The number of Topliss-reactive ketones (excluding diaryl/α,β-unsaturated/α-hetero) is 1. The van der Waals surface area contributed by atoms with E-state index in [0.29, 0.717) is 5.15 Å². The van der Waals surface area contributed by atoms with E-state index < -0.39 is 0 Å². The van der Waals surface area contributed by atoms with Crippen molar-refractivity contribution < 1.29 is 4.79 Å². The monoisotopic (exact) mass is 169 g/mol. The maximum atomic E-state index is 11.3. The van der Waals surface area contributed by atoms with Crippen LogP contribution < -0.4 is 0 Å². The molecule has 1 aromatic rings. The molecule has 1 aliphatic carbocycles. The molecule has 1 atom stereocenters. The molecule has 2 rings (SSSR count). The molecule has 0 saturated carbocycles. The second-order valence-electron chi connectivity index (χ2n) is 2.96. The van der Waals surface area contributed by atoms with Crippen molar-refractivity contribution in [3.8, 4) is 0 Å². The van der Waals surface area contributed by atoms with Crippen LogP contribution in [0, 0.1) is 5.92 Å². The third kappa shape index (κ3) is 0.824. The standard InChI is InChI=1S/C8H8ClNO/c1-4-2-5-6(7(4)11)3-10-8(5)9/h3-4,10H,2H2,1H3. The van der Waals surface area contributed by atoms with Gasteiger partial charge >= 0.3 is 0 Å². The van der Waals surface area contributed by atoms with Crippen molar-refractivity contribution in [3.05, 3.63) is 22.5 Å². The van der Waals surface area contributed by atoms with Crippen molar-refractivity contribution in [3.63, 3.8) is 0 Å². The number of ketones is 1. The van der Waals surface area contributed by atoms with E-state index in [4.69, 9.17) is 11.6 Å². The number of carbonyl (C=O) groups excluding carboxylic acids is 1. The predicted octanol–water partition coefficient (Wildman–Crippen LogP) is 2.04. The number of nitrogens with one attached hydrogen (secondary N) is 1. The molecule has 1 heterocycles. The van der Waals surface area contributed by atoms with Gasteiger partial charge in [0, 0.05) is 23.2 Å². The summed E-state index contributed by atoms with van der Waals surface area (Å²) in [6, 6.07) is 0. The highest BCUT2D eigenvalue weighted by Crippen LogP contribution is 2.31. The van der Waals surface area contributed by atoms with E-state index in [-0.39, 0.29) is 11.7 Å². The largest absolute Gasteiger partial charge is 0.351 e. The summed E-state index contributed by atoms with van der Waals surface area (Å²) < 4.78 is 0. The van der Waals surface area contributed by atoms with Gasteiger partial charge in [-0.15, -0.1) is 0 Å². The highest BCUT2D eigenvalue weighted by molar-refractivity contribution is 6.31. The Morgan fingerprint density at radius 3 is 3.09 bits per heavy atom. The van der Waals surface area contributed by atoms with Crippen LogP contribution in [-0.4, -0.2) is 10.8 Å². The summed E-state index contributed by atoms with van der Waals surface area (Å²) in [7, 11) is 0. The Balaban J connectivity index is 2.56. The first-order chi connectivity index (χ1) is 5.20. The van der Waals surface area contributed by atoms with E-state index in [1.165, 1.54) is 0 Å². The number of aromatic amines is 1. The summed E-state index contributed by atoms with van der Waals surface area (Å²) in [5.74, 6) is 0.329. The average Bonchev–Trinajstić information content (AvgIpc) is 2.43. The van der Waals surface area contributed by atoms with Crippen molar-refractivity contribution in [2.45, 2.75) is 13.3 Å². The molecule has 1 aliphatic rings. The second kappa shape index (κ2) is 2.11. The lowest BCUT2D eigenvalue weighted by molar-refractivity contribution is 0.0946. The lowest BCUT2D eigenvalue weighted by atomic mass is 10.1. The van der Waals surface area contributed by atoms with Gasteiger partial charge in [-0.3, -0.25) is 4.79 Å². The van der Waals surface area contributed by atoms with Crippen LogP contribution >= 0.6 is 11.6 Å². The van der Waals surface area contributed by atoms with Crippen molar-refractivity contribution in [1.82, 2.24) is 4.98 Å². The molecule has 1 aromatic heterocycles. The fourth-order valence-corrected chi connectivity index (χ4v) is 1.75. The minimum absolute atomic E-state index is 0.118. The van der Waals surface area contributed by atoms with Crippen LogP contribution in [0.1, 0.15) is 22.8 Å². The van der Waals surface area contributed by atoms with Gasteiger partial charge in [0.2, 0.25) is 0 Å². The SMILES string of the molecule is CC1Cc2c(c[nH]c2Cl)C1=O. The van der Waals surface area contributed by atoms with Gasteiger partial charge in [0.15, 0.2) is 5.78 Å². The molecule has 0 amide bonds. The fraction of sp³-hybridized carbons (Fsp3) is 0.375. The Morgan fingerprint density at radius 1 is 1.73 bits per heavy atom. The highest BCUT2D eigenvalue weighted by Gasteiger charge is 2.29. The van der Waals surface area contributed by atoms with Gasteiger partial charge in [0.25, 0.3) is 0 Å². The molecular weight excluding hydrogens is 162 g/mol. The quantitative estimate of drug-likeness (QED) is 0.634. The number of fused-ring (bicyclic) bond motifs is 1. The van der Waals surface area contributed by atoms with Crippen LogP contribution in [0.25, 0.3) is 0 Å². The van der Waals surface area contributed by atoms with Crippen molar-refractivity contribution in [2.75, 3.05) is 0 Å². The minimum Gasteiger partial charge on any atom is -0.351 e. The summed E-state index contributed by atoms with van der Waals surface area (Å²) in [6.45, 7) is 1.93. The molecule has 0 radical (unpaired) electrons. The Bertz CT molecular complexity index is 316. The van der Waals surface area contributed by atoms with Crippen LogP contribution in [0.5, 0.6) is 0 Å². The molecule has 1 N–H and O–H groups in total. The van der Waals surface area contributed by atoms with Crippen LogP contribution in [0.15, 0.2) is 6.20 Å². The van der Waals surface area contributed by atoms with Gasteiger partial charge < -0.3 is 4.98 Å². The lowest BCUT2D eigenvalue weighted by Crippen LogP contribution is -2.03. The zero-order valence-corrected chi connectivity index (χ0v) is 6.90. The van der Waals surface area contributed by atoms with Crippen molar-refractivity contribution in [1.29, 1.82) is 0 Å². The van der Waals surface area contributed by atoms with E-state index in [0.717, 1.165) is 17.5 Å². The number of hydrogen-bond donors (Lipinski definition) is 1. The molecule has 2 nitrogen and oxygen atoms in total. The lowest BCUT2D eigenvalue weighted by Gasteiger charge is -1.95. The van der Waals surface area contributed by atoms with Gasteiger partial charge in [-0.1, -0.05) is 18.5 Å².